The van der Waals surface area contributed by atoms with Gasteiger partial charge in [-0.1, -0.05) is 48.5 Å². The molecule has 0 unspecified atom stereocenters. The topological polar surface area (TPSA) is 74.7 Å². The Morgan fingerprint density at radius 2 is 1.64 bits per heavy atom. The Hall–Kier alpha value is -2.28. The van der Waals surface area contributed by atoms with Crippen LogP contribution in [0.2, 0.25) is 0 Å². The molecule has 0 aliphatic carbocycles. The summed E-state index contributed by atoms with van der Waals surface area (Å²) in [5.74, 6) is -0.476. The zero-order chi connectivity index (χ0) is 20.7. The second kappa shape index (κ2) is 7.28. The number of Topliss-reactive ketones (excluding diaryl/α,β-unsaturated/α-hetero) is 1. The first kappa shape index (κ1) is 20.5. The monoisotopic (exact) mass is 399 g/mol. The number of carbonyl (C=O) groups excluding carboxylic acids is 1. The number of hydrogen-bond donors (Lipinski definition) is 1. The molecule has 0 radical (unpaired) electrons. The molecular formula is C22H25NO4S. The zero-order valence-electron chi connectivity index (χ0n) is 16.3. The quantitative estimate of drug-likeness (QED) is 0.783. The van der Waals surface area contributed by atoms with Crippen molar-refractivity contribution in [1.82, 2.24) is 4.31 Å². The lowest BCUT2D eigenvalue weighted by atomic mass is 9.83. The second-order valence-corrected chi connectivity index (χ2v) is 9.62. The lowest BCUT2D eigenvalue weighted by molar-refractivity contribution is 0.0533. The van der Waals surface area contributed by atoms with Gasteiger partial charge in [-0.25, -0.2) is 8.42 Å². The van der Waals surface area contributed by atoms with Gasteiger partial charge in [0.2, 0.25) is 10.0 Å². The number of benzene rings is 2. The summed E-state index contributed by atoms with van der Waals surface area (Å²) in [5.41, 5.74) is 1.77. The maximum absolute atomic E-state index is 13.0. The van der Waals surface area contributed by atoms with E-state index in [4.69, 9.17) is 0 Å². The zero-order valence-corrected chi connectivity index (χ0v) is 17.2. The largest absolute Gasteiger partial charge is 0.388 e. The molecule has 6 heteroatoms. The van der Waals surface area contributed by atoms with Crippen LogP contribution < -0.4 is 0 Å². The third kappa shape index (κ3) is 3.81. The van der Waals surface area contributed by atoms with Crippen LogP contribution in [0.15, 0.2) is 60.0 Å². The van der Waals surface area contributed by atoms with E-state index in [1.165, 1.54) is 11.2 Å². The van der Waals surface area contributed by atoms with Gasteiger partial charge >= 0.3 is 0 Å². The van der Waals surface area contributed by atoms with Crippen LogP contribution in [0.3, 0.4) is 0 Å². The van der Waals surface area contributed by atoms with Gasteiger partial charge in [-0.2, -0.15) is 4.31 Å². The molecule has 1 N–H and O–H groups in total. The van der Waals surface area contributed by atoms with Crippen molar-refractivity contribution in [3.8, 4) is 0 Å². The Balaban J connectivity index is 1.86. The van der Waals surface area contributed by atoms with Crippen molar-refractivity contribution < 1.29 is 18.3 Å². The first-order valence-electron chi connectivity index (χ1n) is 9.12. The predicted molar refractivity (Wildman–Crippen MR) is 110 cm³/mol. The fourth-order valence-electron chi connectivity index (χ4n) is 3.58. The van der Waals surface area contributed by atoms with Gasteiger partial charge in [0, 0.05) is 24.6 Å². The Labute approximate surface area is 166 Å². The molecule has 2 atom stereocenters. The minimum Gasteiger partial charge on any atom is -0.388 e. The van der Waals surface area contributed by atoms with Crippen LogP contribution in [0.4, 0.5) is 0 Å². The first-order valence-corrected chi connectivity index (χ1v) is 10.6. The third-order valence-corrected chi connectivity index (χ3v) is 7.20. The van der Waals surface area contributed by atoms with E-state index in [0.717, 1.165) is 11.1 Å². The second-order valence-electron chi connectivity index (χ2n) is 7.68. The molecule has 2 aromatic rings. The highest BCUT2D eigenvalue weighted by Crippen LogP contribution is 2.39. The van der Waals surface area contributed by atoms with Crippen LogP contribution in [-0.2, 0) is 10.0 Å². The maximum atomic E-state index is 13.0. The molecule has 2 aromatic carbocycles. The molecule has 1 fully saturated rings. The minimum atomic E-state index is -3.71. The summed E-state index contributed by atoms with van der Waals surface area (Å²) < 4.78 is 27.3. The van der Waals surface area contributed by atoms with Crippen molar-refractivity contribution in [3.05, 3.63) is 71.8 Å². The van der Waals surface area contributed by atoms with E-state index in [0.29, 0.717) is 11.1 Å². The molecule has 0 amide bonds. The van der Waals surface area contributed by atoms with Crippen LogP contribution in [0, 0.1) is 12.8 Å². The summed E-state index contributed by atoms with van der Waals surface area (Å²) in [6, 6.07) is 13.7. The number of aryl methyl sites for hydroxylation is 1. The number of nitrogens with zero attached hydrogens (tertiary/aromatic N) is 1. The van der Waals surface area contributed by atoms with Crippen molar-refractivity contribution in [1.29, 1.82) is 0 Å². The van der Waals surface area contributed by atoms with Crippen molar-refractivity contribution in [2.75, 3.05) is 13.1 Å². The lowest BCUT2D eigenvalue weighted by Crippen LogP contribution is -2.36. The molecule has 1 aliphatic heterocycles. The molecule has 148 valence electrons. The van der Waals surface area contributed by atoms with Crippen molar-refractivity contribution in [2.24, 2.45) is 5.92 Å². The number of carbonyl (C=O) groups is 1. The highest BCUT2D eigenvalue weighted by molar-refractivity contribution is 7.89. The molecule has 1 aliphatic rings. The van der Waals surface area contributed by atoms with Gasteiger partial charge < -0.3 is 5.11 Å². The van der Waals surface area contributed by atoms with Gasteiger partial charge in [0.1, 0.15) is 0 Å². The summed E-state index contributed by atoms with van der Waals surface area (Å²) >= 11 is 0. The highest BCUT2D eigenvalue weighted by Gasteiger charge is 2.47. The summed E-state index contributed by atoms with van der Waals surface area (Å²) in [7, 11) is -3.71. The molecule has 0 bridgehead atoms. The maximum Gasteiger partial charge on any atom is 0.243 e. The van der Waals surface area contributed by atoms with Crippen LogP contribution in [0.1, 0.15) is 35.3 Å². The summed E-state index contributed by atoms with van der Waals surface area (Å²) in [4.78, 5) is 11.7. The average Bonchev–Trinajstić information content (AvgIpc) is 2.97. The molecule has 1 heterocycles. The predicted octanol–water partition coefficient (Wildman–Crippen LogP) is 3.28. The number of sulfonamides is 1. The molecule has 0 aromatic heterocycles. The first-order chi connectivity index (χ1) is 13.0. The van der Waals surface area contributed by atoms with Crippen LogP contribution in [-0.4, -0.2) is 42.3 Å². The fraction of sp³-hybridized carbons (Fsp3) is 0.318. The van der Waals surface area contributed by atoms with E-state index in [1.54, 1.807) is 55.5 Å². The summed E-state index contributed by atoms with van der Waals surface area (Å²) in [6.07, 6.45) is 0. The van der Waals surface area contributed by atoms with Crippen LogP contribution in [0.25, 0.3) is 5.57 Å². The number of hydrogen-bond acceptors (Lipinski definition) is 4. The molecule has 1 saturated heterocycles. The van der Waals surface area contributed by atoms with Crippen molar-refractivity contribution in [2.45, 2.75) is 31.3 Å². The SMILES string of the molecule is C=C(c1ccc(C(C)=O)cc1)[C@H]1CN(S(=O)(=O)c2ccc(C)cc2)C[C@@]1(C)O. The van der Waals surface area contributed by atoms with Crippen LogP contribution >= 0.6 is 0 Å². The van der Waals surface area contributed by atoms with Gasteiger partial charge in [0.15, 0.2) is 5.78 Å². The van der Waals surface area contributed by atoms with E-state index >= 15 is 0 Å². The minimum absolute atomic E-state index is 0.00156. The number of aliphatic hydroxyl groups is 1. The molecule has 28 heavy (non-hydrogen) atoms. The fourth-order valence-corrected chi connectivity index (χ4v) is 5.14. The Morgan fingerprint density at radius 1 is 1.11 bits per heavy atom. The van der Waals surface area contributed by atoms with Gasteiger partial charge in [-0.3, -0.25) is 4.79 Å². The van der Waals surface area contributed by atoms with E-state index in [-0.39, 0.29) is 23.8 Å². The summed E-state index contributed by atoms with van der Waals surface area (Å²) in [6.45, 7) is 9.29. The normalized spacial score (nSPS) is 22.9. The Kier molecular flexibility index (Phi) is 5.32. The number of β-amino-alcohol motifs (C(OH)–C–C–N with tert-alkyl or cyclic N) is 1. The number of rotatable bonds is 5. The van der Waals surface area contributed by atoms with E-state index in [1.807, 2.05) is 6.92 Å². The average molecular weight is 400 g/mol. The van der Waals surface area contributed by atoms with E-state index in [9.17, 15) is 18.3 Å². The van der Waals surface area contributed by atoms with Gasteiger partial charge in [0.25, 0.3) is 0 Å². The molecule has 0 spiro atoms. The van der Waals surface area contributed by atoms with Crippen LogP contribution in [0.5, 0.6) is 0 Å². The van der Waals surface area contributed by atoms with Crippen molar-refractivity contribution >= 4 is 21.4 Å². The molecule has 3 rings (SSSR count). The van der Waals surface area contributed by atoms with Gasteiger partial charge in [0.05, 0.1) is 10.5 Å². The smallest absolute Gasteiger partial charge is 0.243 e. The summed E-state index contributed by atoms with van der Waals surface area (Å²) in [5, 5.41) is 10.9. The van der Waals surface area contributed by atoms with Gasteiger partial charge in [-0.15, -0.1) is 0 Å². The lowest BCUT2D eigenvalue weighted by Gasteiger charge is -2.26. The van der Waals surface area contributed by atoms with E-state index < -0.39 is 21.5 Å². The molecule has 0 saturated carbocycles. The van der Waals surface area contributed by atoms with E-state index in [2.05, 4.69) is 6.58 Å². The highest BCUT2D eigenvalue weighted by atomic mass is 32.2. The van der Waals surface area contributed by atoms with Crippen molar-refractivity contribution in [3.63, 3.8) is 0 Å². The third-order valence-electron chi connectivity index (χ3n) is 5.37. The standard InChI is InChI=1S/C22H25NO4S/c1-15-5-11-20(12-6-15)28(26,27)23-13-21(22(4,25)14-23)16(2)18-7-9-19(10-8-18)17(3)24/h5-12,21,25H,2,13-14H2,1,3-4H3/t21-,22-/m1/s1. The van der Waals surface area contributed by atoms with Gasteiger partial charge in [-0.05, 0) is 44.0 Å². The molecule has 5 nitrogen and oxygen atoms in total. The Bertz CT molecular complexity index is 1010. The molecular weight excluding hydrogens is 374 g/mol. The number of ketones is 1. The Morgan fingerprint density at radius 3 is 2.18 bits per heavy atom.